The van der Waals surface area contributed by atoms with Gasteiger partial charge in [0.25, 0.3) is 0 Å². The molecule has 2 aromatic rings. The molecular weight excluding hydrogens is 220 g/mol. The first-order chi connectivity index (χ1) is 8.19. The second-order valence-corrected chi connectivity index (χ2v) is 3.49. The summed E-state index contributed by atoms with van der Waals surface area (Å²) in [5.74, 6) is 7.88. The van der Waals surface area contributed by atoms with Gasteiger partial charge in [-0.05, 0) is 13.0 Å². The average Bonchev–Trinajstić information content (AvgIpc) is 2.35. The Kier molecular flexibility index (Phi) is 2.97. The van der Waals surface area contributed by atoms with Crippen LogP contribution in [0.25, 0.3) is 10.9 Å². The topological polar surface area (TPSA) is 82.3 Å². The largest absolute Gasteiger partial charge is 0.493 e. The molecule has 0 aliphatic rings. The van der Waals surface area contributed by atoms with Crippen molar-refractivity contribution in [2.75, 3.05) is 19.6 Å². The van der Waals surface area contributed by atoms with Crippen molar-refractivity contribution in [3.63, 3.8) is 0 Å². The maximum atomic E-state index is 5.43. The van der Waals surface area contributed by atoms with Gasteiger partial charge >= 0.3 is 0 Å². The summed E-state index contributed by atoms with van der Waals surface area (Å²) in [6.07, 6.45) is 0. The van der Waals surface area contributed by atoms with Gasteiger partial charge in [-0.15, -0.1) is 0 Å². The molecule has 1 heterocycles. The normalized spacial score (nSPS) is 10.4. The number of aromatic nitrogens is 2. The molecule has 3 N–H and O–H groups in total. The van der Waals surface area contributed by atoms with Gasteiger partial charge in [0, 0.05) is 11.5 Å². The third kappa shape index (κ3) is 1.94. The number of fused-ring (bicyclic) bond motifs is 1. The minimum atomic E-state index is 0.563. The molecule has 0 bridgehead atoms. The molecule has 17 heavy (non-hydrogen) atoms. The monoisotopic (exact) mass is 234 g/mol. The van der Waals surface area contributed by atoms with Crippen LogP contribution in [-0.4, -0.2) is 24.2 Å². The number of nitrogens with one attached hydrogen (secondary N) is 1. The highest BCUT2D eigenvalue weighted by Gasteiger charge is 2.11. The zero-order valence-corrected chi connectivity index (χ0v) is 9.94. The maximum absolute atomic E-state index is 5.43. The number of rotatable bonds is 3. The summed E-state index contributed by atoms with van der Waals surface area (Å²) in [5.41, 5.74) is 3.30. The molecule has 0 aliphatic heterocycles. The molecule has 0 fully saturated rings. The van der Waals surface area contributed by atoms with Gasteiger partial charge in [-0.1, -0.05) is 0 Å². The molecule has 0 spiro atoms. The Morgan fingerprint density at radius 3 is 2.35 bits per heavy atom. The van der Waals surface area contributed by atoms with Crippen molar-refractivity contribution in [2.24, 2.45) is 5.84 Å². The van der Waals surface area contributed by atoms with E-state index in [1.807, 2.05) is 0 Å². The number of ether oxygens (including phenoxy) is 2. The van der Waals surface area contributed by atoms with Gasteiger partial charge in [0.1, 0.15) is 5.82 Å². The van der Waals surface area contributed by atoms with Gasteiger partial charge in [0.05, 0.1) is 19.7 Å². The molecule has 0 atom stereocenters. The van der Waals surface area contributed by atoms with Crippen molar-refractivity contribution in [1.29, 1.82) is 0 Å². The lowest BCUT2D eigenvalue weighted by Crippen LogP contribution is -2.10. The van der Waals surface area contributed by atoms with E-state index < -0.39 is 0 Å². The molecule has 0 unspecified atom stereocenters. The van der Waals surface area contributed by atoms with E-state index in [0.717, 1.165) is 10.9 Å². The highest BCUT2D eigenvalue weighted by molar-refractivity contribution is 5.91. The Morgan fingerprint density at radius 1 is 1.12 bits per heavy atom. The van der Waals surface area contributed by atoms with Gasteiger partial charge < -0.3 is 14.9 Å². The van der Waals surface area contributed by atoms with Gasteiger partial charge in [0.2, 0.25) is 0 Å². The average molecular weight is 234 g/mol. The third-order valence-electron chi connectivity index (χ3n) is 2.45. The second kappa shape index (κ2) is 4.42. The maximum Gasteiger partial charge on any atom is 0.162 e. The fourth-order valence-corrected chi connectivity index (χ4v) is 1.68. The number of nitrogens with zero attached hydrogens (tertiary/aromatic N) is 2. The number of benzene rings is 1. The number of aryl methyl sites for hydroxylation is 1. The van der Waals surface area contributed by atoms with Crippen LogP contribution in [0, 0.1) is 6.92 Å². The van der Waals surface area contributed by atoms with Crippen LogP contribution in [0.5, 0.6) is 11.5 Å². The van der Waals surface area contributed by atoms with E-state index in [-0.39, 0.29) is 0 Å². The minimum absolute atomic E-state index is 0.563. The molecule has 0 saturated heterocycles. The fraction of sp³-hybridized carbons (Fsp3) is 0.273. The molecule has 2 rings (SSSR count). The van der Waals surface area contributed by atoms with Crippen LogP contribution in [-0.2, 0) is 0 Å². The van der Waals surface area contributed by atoms with E-state index in [1.54, 1.807) is 33.3 Å². The van der Waals surface area contributed by atoms with Gasteiger partial charge in [-0.2, -0.15) is 0 Å². The van der Waals surface area contributed by atoms with E-state index in [2.05, 4.69) is 15.4 Å². The SMILES string of the molecule is COc1cc2nc(C)nc(NN)c2cc1OC. The van der Waals surface area contributed by atoms with Crippen LogP contribution in [0.3, 0.4) is 0 Å². The molecule has 6 heteroatoms. The molecule has 6 nitrogen and oxygen atoms in total. The Balaban J connectivity index is 2.77. The fourth-order valence-electron chi connectivity index (χ4n) is 1.68. The molecule has 90 valence electrons. The van der Waals surface area contributed by atoms with Crippen molar-refractivity contribution in [1.82, 2.24) is 9.97 Å². The van der Waals surface area contributed by atoms with Gasteiger partial charge in [0.15, 0.2) is 17.3 Å². The van der Waals surface area contributed by atoms with Crippen LogP contribution < -0.4 is 20.7 Å². The highest BCUT2D eigenvalue weighted by Crippen LogP contribution is 2.33. The zero-order chi connectivity index (χ0) is 12.4. The van der Waals surface area contributed by atoms with Crippen LogP contribution in [0.4, 0.5) is 5.82 Å². The van der Waals surface area contributed by atoms with Crippen molar-refractivity contribution in [3.8, 4) is 11.5 Å². The smallest absolute Gasteiger partial charge is 0.162 e. The number of anilines is 1. The first-order valence-electron chi connectivity index (χ1n) is 5.06. The molecule has 1 aromatic heterocycles. The summed E-state index contributed by atoms with van der Waals surface area (Å²) >= 11 is 0. The lowest BCUT2D eigenvalue weighted by Gasteiger charge is -2.11. The van der Waals surface area contributed by atoms with E-state index in [0.29, 0.717) is 23.1 Å². The Labute approximate surface area is 98.7 Å². The van der Waals surface area contributed by atoms with E-state index >= 15 is 0 Å². The summed E-state index contributed by atoms with van der Waals surface area (Å²) in [6.45, 7) is 1.80. The Hall–Kier alpha value is -2.08. The predicted octanol–water partition coefficient (Wildman–Crippen LogP) is 1.24. The van der Waals surface area contributed by atoms with Crippen LogP contribution >= 0.6 is 0 Å². The number of methoxy groups -OCH3 is 2. The summed E-state index contributed by atoms with van der Waals surface area (Å²) in [7, 11) is 3.16. The van der Waals surface area contributed by atoms with Gasteiger partial charge in [-0.25, -0.2) is 15.8 Å². The number of nitrogen functional groups attached to an aromatic ring is 1. The molecule has 0 radical (unpaired) electrons. The lowest BCUT2D eigenvalue weighted by molar-refractivity contribution is 0.356. The number of hydrogen-bond donors (Lipinski definition) is 2. The first-order valence-corrected chi connectivity index (χ1v) is 5.06. The molecule has 1 aromatic carbocycles. The number of nitrogens with two attached hydrogens (primary N) is 1. The summed E-state index contributed by atoms with van der Waals surface area (Å²) in [5, 5.41) is 0.788. The van der Waals surface area contributed by atoms with Crippen LogP contribution in [0.15, 0.2) is 12.1 Å². The van der Waals surface area contributed by atoms with Crippen molar-refractivity contribution >= 4 is 16.7 Å². The molecule has 0 aliphatic carbocycles. The van der Waals surface area contributed by atoms with Crippen LogP contribution in [0.1, 0.15) is 5.82 Å². The summed E-state index contributed by atoms with van der Waals surface area (Å²) < 4.78 is 10.4. The quantitative estimate of drug-likeness (QED) is 0.614. The number of hydrogen-bond acceptors (Lipinski definition) is 6. The minimum Gasteiger partial charge on any atom is -0.493 e. The van der Waals surface area contributed by atoms with Crippen LogP contribution in [0.2, 0.25) is 0 Å². The third-order valence-corrected chi connectivity index (χ3v) is 2.45. The molecular formula is C11H14N4O2. The Bertz CT molecular complexity index is 557. The molecule has 0 amide bonds. The Morgan fingerprint density at radius 2 is 1.76 bits per heavy atom. The van der Waals surface area contributed by atoms with Crippen molar-refractivity contribution in [2.45, 2.75) is 6.92 Å². The second-order valence-electron chi connectivity index (χ2n) is 3.49. The summed E-state index contributed by atoms with van der Waals surface area (Å²) in [6, 6.07) is 3.59. The zero-order valence-electron chi connectivity index (χ0n) is 9.94. The summed E-state index contributed by atoms with van der Waals surface area (Å²) in [4.78, 5) is 8.53. The number of hydrazine groups is 1. The lowest BCUT2D eigenvalue weighted by atomic mass is 10.2. The van der Waals surface area contributed by atoms with Crippen molar-refractivity contribution in [3.05, 3.63) is 18.0 Å². The molecule has 0 saturated carbocycles. The highest BCUT2D eigenvalue weighted by atomic mass is 16.5. The van der Waals surface area contributed by atoms with E-state index in [9.17, 15) is 0 Å². The standard InChI is InChI=1S/C11H14N4O2/c1-6-13-8-5-10(17-3)9(16-2)4-7(8)11(14-6)15-12/h4-5H,12H2,1-3H3,(H,13,14,15). The predicted molar refractivity (Wildman–Crippen MR) is 65.2 cm³/mol. The van der Waals surface area contributed by atoms with Gasteiger partial charge in [-0.3, -0.25) is 0 Å². The first kappa shape index (κ1) is 11.4. The van der Waals surface area contributed by atoms with E-state index in [4.69, 9.17) is 15.3 Å². The van der Waals surface area contributed by atoms with Crippen molar-refractivity contribution < 1.29 is 9.47 Å². The van der Waals surface area contributed by atoms with E-state index in [1.165, 1.54) is 0 Å².